The first-order chi connectivity index (χ1) is 13.9. The van der Waals surface area contributed by atoms with Gasteiger partial charge in [-0.05, 0) is 94.1 Å². The molecule has 1 aliphatic carbocycles. The highest BCUT2D eigenvalue weighted by atomic mass is 32.1. The van der Waals surface area contributed by atoms with Crippen molar-refractivity contribution in [1.29, 1.82) is 0 Å². The van der Waals surface area contributed by atoms with Gasteiger partial charge in [-0.15, -0.1) is 0 Å². The minimum atomic E-state index is 0.0497. The molecule has 1 aliphatic rings. The first kappa shape index (κ1) is 20.0. The van der Waals surface area contributed by atoms with Crippen LogP contribution in [0.4, 0.5) is 5.13 Å². The highest BCUT2D eigenvalue weighted by Crippen LogP contribution is 2.33. The van der Waals surface area contributed by atoms with E-state index in [1.54, 1.807) is 11.3 Å². The Morgan fingerprint density at radius 3 is 2.55 bits per heavy atom. The lowest BCUT2D eigenvalue weighted by Crippen LogP contribution is -2.36. The van der Waals surface area contributed by atoms with Crippen molar-refractivity contribution in [3.05, 3.63) is 58.1 Å². The Kier molecular flexibility index (Phi) is 5.70. The summed E-state index contributed by atoms with van der Waals surface area (Å²) < 4.78 is 1.17. The molecule has 2 aromatic carbocycles. The number of benzene rings is 2. The zero-order valence-corrected chi connectivity index (χ0v) is 18.6. The molecule has 0 fully saturated rings. The van der Waals surface area contributed by atoms with Gasteiger partial charge >= 0.3 is 0 Å². The third-order valence-electron chi connectivity index (χ3n) is 5.65. The molecule has 152 valence electrons. The van der Waals surface area contributed by atoms with E-state index in [1.165, 1.54) is 39.8 Å². The number of aryl methyl sites for hydroxylation is 4. The van der Waals surface area contributed by atoms with Gasteiger partial charge in [-0.3, -0.25) is 9.69 Å². The van der Waals surface area contributed by atoms with Gasteiger partial charge in [-0.1, -0.05) is 23.5 Å². The zero-order valence-electron chi connectivity index (χ0n) is 17.8. The molecule has 0 aliphatic heterocycles. The average Bonchev–Trinajstić information content (AvgIpc) is 3.11. The average molecular weight is 408 g/mol. The summed E-state index contributed by atoms with van der Waals surface area (Å²) in [5.74, 6) is 0.0497. The van der Waals surface area contributed by atoms with Gasteiger partial charge in [0.2, 0.25) is 0 Å². The van der Waals surface area contributed by atoms with Gasteiger partial charge in [-0.2, -0.15) is 0 Å². The molecule has 3 aromatic rings. The Bertz CT molecular complexity index is 1050. The summed E-state index contributed by atoms with van der Waals surface area (Å²) in [6, 6.07) is 10.5. The lowest BCUT2D eigenvalue weighted by Gasteiger charge is -2.23. The third-order valence-corrected chi connectivity index (χ3v) is 6.88. The number of hydrogen-bond acceptors (Lipinski definition) is 4. The predicted octanol–water partition coefficient (Wildman–Crippen LogP) is 5.00. The smallest absolute Gasteiger partial charge is 0.260 e. The highest BCUT2D eigenvalue weighted by molar-refractivity contribution is 7.22. The van der Waals surface area contributed by atoms with E-state index < -0.39 is 0 Å². The molecule has 1 amide bonds. The van der Waals surface area contributed by atoms with E-state index in [0.717, 1.165) is 35.6 Å². The number of amides is 1. The van der Waals surface area contributed by atoms with Crippen LogP contribution in [0.15, 0.2) is 30.3 Å². The van der Waals surface area contributed by atoms with Crippen LogP contribution in [-0.2, 0) is 12.8 Å². The molecular formula is C24H29N3OS. The summed E-state index contributed by atoms with van der Waals surface area (Å²) in [5.41, 5.74) is 6.92. The Morgan fingerprint density at radius 2 is 1.79 bits per heavy atom. The van der Waals surface area contributed by atoms with Crippen LogP contribution in [0.3, 0.4) is 0 Å². The van der Waals surface area contributed by atoms with E-state index in [-0.39, 0.29) is 5.91 Å². The number of anilines is 1. The summed E-state index contributed by atoms with van der Waals surface area (Å²) in [7, 11) is 4.07. The summed E-state index contributed by atoms with van der Waals surface area (Å²) in [5, 5.41) is 0.790. The molecule has 0 saturated heterocycles. The number of thiazole rings is 1. The fraction of sp³-hybridized carbons (Fsp3) is 0.417. The number of carbonyl (C=O) groups is 1. The highest BCUT2D eigenvalue weighted by Gasteiger charge is 2.23. The number of aromatic nitrogens is 1. The van der Waals surface area contributed by atoms with E-state index in [1.807, 2.05) is 25.1 Å². The fourth-order valence-corrected chi connectivity index (χ4v) is 5.13. The molecule has 0 unspecified atom stereocenters. The standard InChI is InChI=1S/C24H29N3OS/c1-16-13-17(2)22-21(14-16)25-24(29-22)27(12-11-26(3)4)23(28)20-10-9-18-7-5-6-8-19(18)15-20/h9-10,13-15H,5-8,11-12H2,1-4H3. The number of likely N-dealkylation sites (N-methyl/N-ethyl adjacent to an activating group) is 1. The molecule has 4 nitrogen and oxygen atoms in total. The summed E-state index contributed by atoms with van der Waals surface area (Å²) >= 11 is 1.62. The SMILES string of the molecule is Cc1cc(C)c2sc(N(CCN(C)C)C(=O)c3ccc4c(c3)CCCC4)nc2c1. The molecule has 0 bridgehead atoms. The Balaban J connectivity index is 1.72. The van der Waals surface area contributed by atoms with Gasteiger partial charge in [0.15, 0.2) is 5.13 Å². The number of rotatable bonds is 5. The second-order valence-corrected chi connectivity index (χ2v) is 9.35. The van der Waals surface area contributed by atoms with Gasteiger partial charge in [-0.25, -0.2) is 4.98 Å². The summed E-state index contributed by atoms with van der Waals surface area (Å²) in [6.45, 7) is 5.63. The molecule has 0 radical (unpaired) electrons. The quantitative estimate of drug-likeness (QED) is 0.597. The first-order valence-electron chi connectivity index (χ1n) is 10.4. The Labute approximate surface area is 177 Å². The largest absolute Gasteiger partial charge is 0.308 e. The van der Waals surface area contributed by atoms with Gasteiger partial charge in [0.25, 0.3) is 5.91 Å². The maximum absolute atomic E-state index is 13.5. The van der Waals surface area contributed by atoms with Crippen LogP contribution >= 0.6 is 11.3 Å². The van der Waals surface area contributed by atoms with E-state index in [0.29, 0.717) is 6.54 Å². The van der Waals surface area contributed by atoms with Crippen LogP contribution in [0, 0.1) is 13.8 Å². The van der Waals surface area contributed by atoms with E-state index in [2.05, 4.69) is 43.0 Å². The maximum atomic E-state index is 13.5. The van der Waals surface area contributed by atoms with E-state index >= 15 is 0 Å². The molecule has 1 aromatic heterocycles. The van der Waals surface area contributed by atoms with Crippen molar-refractivity contribution in [3.8, 4) is 0 Å². The minimum absolute atomic E-state index is 0.0497. The van der Waals surface area contributed by atoms with Gasteiger partial charge in [0.1, 0.15) is 0 Å². The lowest BCUT2D eigenvalue weighted by atomic mass is 9.90. The lowest BCUT2D eigenvalue weighted by molar-refractivity contribution is 0.0985. The Hall–Kier alpha value is -2.24. The van der Waals surface area contributed by atoms with E-state index in [4.69, 9.17) is 4.98 Å². The number of carbonyl (C=O) groups excluding carboxylic acids is 1. The van der Waals surface area contributed by atoms with Crippen molar-refractivity contribution in [2.75, 3.05) is 32.1 Å². The first-order valence-corrected chi connectivity index (χ1v) is 11.2. The van der Waals surface area contributed by atoms with Gasteiger partial charge < -0.3 is 4.90 Å². The third kappa shape index (κ3) is 4.21. The summed E-state index contributed by atoms with van der Waals surface area (Å²) in [6.07, 6.45) is 4.67. The number of hydrogen-bond donors (Lipinski definition) is 0. The molecule has 4 rings (SSSR count). The van der Waals surface area contributed by atoms with Crippen LogP contribution in [0.5, 0.6) is 0 Å². The van der Waals surface area contributed by atoms with Gasteiger partial charge in [0, 0.05) is 18.7 Å². The number of fused-ring (bicyclic) bond motifs is 2. The van der Waals surface area contributed by atoms with Crippen molar-refractivity contribution in [3.63, 3.8) is 0 Å². The molecule has 0 N–H and O–H groups in total. The molecule has 5 heteroatoms. The van der Waals surface area contributed by atoms with Crippen LogP contribution in [0.2, 0.25) is 0 Å². The van der Waals surface area contributed by atoms with Crippen LogP contribution in [0.1, 0.15) is 45.5 Å². The molecule has 0 atom stereocenters. The second-order valence-electron chi connectivity index (χ2n) is 8.38. The zero-order chi connectivity index (χ0) is 20.5. The van der Waals surface area contributed by atoms with E-state index in [9.17, 15) is 4.79 Å². The monoisotopic (exact) mass is 407 g/mol. The normalized spacial score (nSPS) is 13.7. The van der Waals surface area contributed by atoms with Gasteiger partial charge in [0.05, 0.1) is 10.2 Å². The van der Waals surface area contributed by atoms with Crippen molar-refractivity contribution in [1.82, 2.24) is 9.88 Å². The van der Waals surface area contributed by atoms with Crippen LogP contribution in [-0.4, -0.2) is 43.0 Å². The topological polar surface area (TPSA) is 36.4 Å². The van der Waals surface area contributed by atoms with Crippen molar-refractivity contribution in [2.45, 2.75) is 39.5 Å². The second kappa shape index (κ2) is 8.25. The van der Waals surface area contributed by atoms with Crippen molar-refractivity contribution < 1.29 is 4.79 Å². The van der Waals surface area contributed by atoms with Crippen molar-refractivity contribution >= 4 is 32.6 Å². The summed E-state index contributed by atoms with van der Waals surface area (Å²) in [4.78, 5) is 22.4. The number of nitrogens with zero attached hydrogens (tertiary/aromatic N) is 3. The molecule has 0 saturated carbocycles. The maximum Gasteiger partial charge on any atom is 0.260 e. The molecular weight excluding hydrogens is 378 g/mol. The predicted molar refractivity (Wildman–Crippen MR) is 122 cm³/mol. The minimum Gasteiger partial charge on any atom is -0.308 e. The van der Waals surface area contributed by atoms with Crippen molar-refractivity contribution in [2.24, 2.45) is 0 Å². The molecule has 29 heavy (non-hydrogen) atoms. The molecule has 0 spiro atoms. The van der Waals surface area contributed by atoms with Crippen LogP contribution in [0.25, 0.3) is 10.2 Å². The molecule has 1 heterocycles. The van der Waals surface area contributed by atoms with Crippen LogP contribution < -0.4 is 4.90 Å². The fourth-order valence-electron chi connectivity index (χ4n) is 4.09. The Morgan fingerprint density at radius 1 is 1.03 bits per heavy atom.